The van der Waals surface area contributed by atoms with Crippen molar-refractivity contribution in [2.75, 3.05) is 18.1 Å². The second kappa shape index (κ2) is 4.18. The molecule has 0 radical (unpaired) electrons. The molecule has 0 saturated carbocycles. The monoisotopic (exact) mass is 244 g/mol. The highest BCUT2D eigenvalue weighted by Gasteiger charge is 2.26. The van der Waals surface area contributed by atoms with Crippen LogP contribution in [-0.2, 0) is 0 Å². The summed E-state index contributed by atoms with van der Waals surface area (Å²) in [6, 6.07) is 7.47. The van der Waals surface area contributed by atoms with E-state index in [1.165, 1.54) is 6.26 Å². The summed E-state index contributed by atoms with van der Waals surface area (Å²) in [5.41, 5.74) is 1.10. The van der Waals surface area contributed by atoms with E-state index in [4.69, 9.17) is 9.15 Å². The zero-order valence-electron chi connectivity index (χ0n) is 9.92. The number of amides is 1. The second-order valence-corrected chi connectivity index (χ2v) is 4.02. The van der Waals surface area contributed by atoms with E-state index >= 15 is 0 Å². The predicted octanol–water partition coefficient (Wildman–Crippen LogP) is 2.02. The van der Waals surface area contributed by atoms with Gasteiger partial charge in [0.25, 0.3) is 5.91 Å². The van der Waals surface area contributed by atoms with Gasteiger partial charge in [0.05, 0.1) is 12.2 Å². The lowest BCUT2D eigenvalue weighted by Gasteiger charge is -2.28. The van der Waals surface area contributed by atoms with Gasteiger partial charge in [0.2, 0.25) is 0 Å². The summed E-state index contributed by atoms with van der Waals surface area (Å²) in [7, 11) is 0. The molecule has 0 spiro atoms. The highest BCUT2D eigenvalue weighted by Crippen LogP contribution is 2.31. The summed E-state index contributed by atoms with van der Waals surface area (Å²) in [5.74, 6) is 1.04. The Hall–Kier alpha value is -2.30. The van der Waals surface area contributed by atoms with Gasteiger partial charge >= 0.3 is 0 Å². The largest absolute Gasteiger partial charge is 0.490 e. The van der Waals surface area contributed by atoms with Gasteiger partial charge < -0.3 is 9.15 Å². The molecule has 0 atom stereocenters. The first kappa shape index (κ1) is 10.8. The first-order valence-electron chi connectivity index (χ1n) is 5.71. The second-order valence-electron chi connectivity index (χ2n) is 4.02. The van der Waals surface area contributed by atoms with Crippen molar-refractivity contribution in [3.05, 3.63) is 42.1 Å². The average molecular weight is 244 g/mol. The third-order valence-corrected chi connectivity index (χ3v) is 2.81. The van der Waals surface area contributed by atoms with Crippen LogP contribution in [0, 0.1) is 6.92 Å². The Balaban J connectivity index is 1.96. The number of ether oxygens (including phenoxy) is 1. The standard InChI is InChI=1S/C13H12N2O3/c1-9-14-10(8-18-9)13(16)15-6-7-17-12-5-3-2-4-11(12)15/h2-5,8H,6-7H2,1H3. The van der Waals surface area contributed by atoms with Crippen molar-refractivity contribution in [1.29, 1.82) is 0 Å². The van der Waals surface area contributed by atoms with Gasteiger partial charge in [-0.05, 0) is 12.1 Å². The van der Waals surface area contributed by atoms with Crippen LogP contribution in [0.25, 0.3) is 0 Å². The third-order valence-electron chi connectivity index (χ3n) is 2.81. The number of benzene rings is 1. The molecule has 1 aliphatic rings. The molecule has 3 rings (SSSR count). The minimum absolute atomic E-state index is 0.164. The van der Waals surface area contributed by atoms with E-state index < -0.39 is 0 Å². The molecule has 5 heteroatoms. The van der Waals surface area contributed by atoms with Crippen LogP contribution in [0.3, 0.4) is 0 Å². The van der Waals surface area contributed by atoms with Crippen LogP contribution >= 0.6 is 0 Å². The van der Waals surface area contributed by atoms with E-state index in [0.717, 1.165) is 11.4 Å². The first-order valence-corrected chi connectivity index (χ1v) is 5.71. The lowest BCUT2D eigenvalue weighted by molar-refractivity contribution is 0.0971. The molecule has 2 aromatic rings. The molecule has 2 heterocycles. The Morgan fingerprint density at radius 1 is 1.39 bits per heavy atom. The number of carbonyl (C=O) groups excluding carboxylic acids is 1. The molecule has 0 saturated heterocycles. The van der Waals surface area contributed by atoms with E-state index in [1.54, 1.807) is 11.8 Å². The molecule has 92 valence electrons. The zero-order valence-corrected chi connectivity index (χ0v) is 9.92. The first-order chi connectivity index (χ1) is 8.75. The maximum Gasteiger partial charge on any atom is 0.280 e. The number of aryl methyl sites for hydroxylation is 1. The fraction of sp³-hybridized carbons (Fsp3) is 0.231. The summed E-state index contributed by atoms with van der Waals surface area (Å²) in [6.45, 7) is 2.71. The quantitative estimate of drug-likeness (QED) is 0.770. The van der Waals surface area contributed by atoms with Gasteiger partial charge in [0.15, 0.2) is 11.6 Å². The number of carbonyl (C=O) groups is 1. The number of para-hydroxylation sites is 2. The van der Waals surface area contributed by atoms with Gasteiger partial charge in [0.1, 0.15) is 18.6 Å². The number of fused-ring (bicyclic) bond motifs is 1. The summed E-state index contributed by atoms with van der Waals surface area (Å²) in [5, 5.41) is 0. The van der Waals surface area contributed by atoms with Crippen LogP contribution < -0.4 is 9.64 Å². The Kier molecular flexibility index (Phi) is 2.51. The number of aromatic nitrogens is 1. The number of hydrogen-bond acceptors (Lipinski definition) is 4. The SMILES string of the molecule is Cc1nc(C(=O)N2CCOc3ccccc32)co1. The minimum Gasteiger partial charge on any atom is -0.490 e. The van der Waals surface area contributed by atoms with Crippen LogP contribution in [0.1, 0.15) is 16.4 Å². The van der Waals surface area contributed by atoms with Crippen molar-refractivity contribution in [1.82, 2.24) is 4.98 Å². The Labute approximate surface area is 104 Å². The van der Waals surface area contributed by atoms with Crippen LogP contribution in [0.2, 0.25) is 0 Å². The molecule has 1 aromatic carbocycles. The zero-order chi connectivity index (χ0) is 12.5. The lowest BCUT2D eigenvalue weighted by Crippen LogP contribution is -2.38. The van der Waals surface area contributed by atoms with Crippen molar-refractivity contribution in [3.8, 4) is 5.75 Å². The van der Waals surface area contributed by atoms with Crippen molar-refractivity contribution in [2.45, 2.75) is 6.92 Å². The molecular formula is C13H12N2O3. The Morgan fingerprint density at radius 3 is 3.00 bits per heavy atom. The van der Waals surface area contributed by atoms with E-state index in [-0.39, 0.29) is 5.91 Å². The molecule has 0 aliphatic carbocycles. The normalized spacial score (nSPS) is 13.9. The molecule has 0 fully saturated rings. The molecule has 0 N–H and O–H groups in total. The lowest BCUT2D eigenvalue weighted by atomic mass is 10.2. The van der Waals surface area contributed by atoms with Crippen molar-refractivity contribution in [3.63, 3.8) is 0 Å². The van der Waals surface area contributed by atoms with Crippen LogP contribution in [0.15, 0.2) is 34.9 Å². The van der Waals surface area contributed by atoms with Gasteiger partial charge in [0, 0.05) is 6.92 Å². The fourth-order valence-corrected chi connectivity index (χ4v) is 1.98. The highest BCUT2D eigenvalue weighted by atomic mass is 16.5. The number of rotatable bonds is 1. The van der Waals surface area contributed by atoms with Gasteiger partial charge in [-0.3, -0.25) is 9.69 Å². The van der Waals surface area contributed by atoms with E-state index in [2.05, 4.69) is 4.98 Å². The molecule has 1 aromatic heterocycles. The minimum atomic E-state index is -0.164. The Morgan fingerprint density at radius 2 is 2.22 bits per heavy atom. The highest BCUT2D eigenvalue weighted by molar-refractivity contribution is 6.05. The van der Waals surface area contributed by atoms with Crippen LogP contribution in [0.4, 0.5) is 5.69 Å². The van der Waals surface area contributed by atoms with Crippen LogP contribution in [0.5, 0.6) is 5.75 Å². The summed E-state index contributed by atoms with van der Waals surface area (Å²) < 4.78 is 10.6. The van der Waals surface area contributed by atoms with Gasteiger partial charge in [-0.15, -0.1) is 0 Å². The fourth-order valence-electron chi connectivity index (χ4n) is 1.98. The van der Waals surface area contributed by atoms with E-state index in [1.807, 2.05) is 24.3 Å². The maximum absolute atomic E-state index is 12.3. The molecule has 18 heavy (non-hydrogen) atoms. The molecule has 1 aliphatic heterocycles. The van der Waals surface area contributed by atoms with Crippen molar-refractivity contribution < 1.29 is 13.9 Å². The van der Waals surface area contributed by atoms with E-state index in [9.17, 15) is 4.79 Å². The van der Waals surface area contributed by atoms with Gasteiger partial charge in [-0.2, -0.15) is 0 Å². The van der Waals surface area contributed by atoms with Gasteiger partial charge in [-0.1, -0.05) is 12.1 Å². The molecule has 0 unspecified atom stereocenters. The van der Waals surface area contributed by atoms with E-state index in [0.29, 0.717) is 24.7 Å². The maximum atomic E-state index is 12.3. The number of anilines is 1. The number of nitrogens with zero attached hydrogens (tertiary/aromatic N) is 2. The Bertz CT molecular complexity index is 591. The summed E-state index contributed by atoms with van der Waals surface area (Å²) in [6.07, 6.45) is 1.38. The smallest absolute Gasteiger partial charge is 0.280 e. The summed E-state index contributed by atoms with van der Waals surface area (Å²) >= 11 is 0. The predicted molar refractivity (Wildman–Crippen MR) is 64.9 cm³/mol. The number of oxazole rings is 1. The van der Waals surface area contributed by atoms with Crippen molar-refractivity contribution in [2.24, 2.45) is 0 Å². The third kappa shape index (κ3) is 1.73. The topological polar surface area (TPSA) is 55.6 Å². The molecular weight excluding hydrogens is 232 g/mol. The molecule has 0 bridgehead atoms. The van der Waals surface area contributed by atoms with Crippen molar-refractivity contribution >= 4 is 11.6 Å². The average Bonchev–Trinajstić information content (AvgIpc) is 2.84. The van der Waals surface area contributed by atoms with Gasteiger partial charge in [-0.25, -0.2) is 4.98 Å². The molecule has 5 nitrogen and oxygen atoms in total. The van der Waals surface area contributed by atoms with Crippen LogP contribution in [-0.4, -0.2) is 24.0 Å². The molecule has 1 amide bonds. The summed E-state index contributed by atoms with van der Waals surface area (Å²) in [4.78, 5) is 18.0. The number of hydrogen-bond donors (Lipinski definition) is 0.